The molecule has 0 saturated carbocycles. The number of carbonyl (C=O) groups is 2. The number of carbonyl (C=O) groups excluding carboxylic acids is 2. The zero-order valence-electron chi connectivity index (χ0n) is 12.8. The molecule has 0 heterocycles. The minimum atomic E-state index is -0.476. The molecule has 0 aliphatic carbocycles. The third-order valence-electron chi connectivity index (χ3n) is 3.29. The first kappa shape index (κ1) is 17.8. The van der Waals surface area contributed by atoms with Crippen molar-refractivity contribution < 1.29 is 9.59 Å². The van der Waals surface area contributed by atoms with Crippen LogP contribution in [0.1, 0.15) is 12.5 Å². The zero-order chi connectivity index (χ0) is 16.7. The van der Waals surface area contributed by atoms with E-state index in [2.05, 4.69) is 21.2 Å². The Kier molecular flexibility index (Phi) is 6.86. The summed E-state index contributed by atoms with van der Waals surface area (Å²) in [6.45, 7) is 1.51. The number of Topliss-reactive ketones (excluding diaryl/α,β-unsaturated/α-hetero) is 1. The normalized spacial score (nSPS) is 11.7. The molecule has 1 N–H and O–H groups in total. The highest BCUT2D eigenvalue weighted by molar-refractivity contribution is 9.10. The van der Waals surface area contributed by atoms with Crippen molar-refractivity contribution in [1.82, 2.24) is 5.32 Å². The molecule has 0 unspecified atom stereocenters. The maximum atomic E-state index is 12.1. The minimum absolute atomic E-state index is 0.0316. The van der Waals surface area contributed by atoms with Crippen molar-refractivity contribution in [2.75, 3.05) is 5.75 Å². The molecule has 0 spiro atoms. The largest absolute Gasteiger partial charge is 0.345 e. The molecular weight excluding hydrogens is 374 g/mol. The van der Waals surface area contributed by atoms with Gasteiger partial charge in [0.15, 0.2) is 5.78 Å². The fraction of sp³-hybridized carbons (Fsp3) is 0.222. The highest BCUT2D eigenvalue weighted by Crippen LogP contribution is 2.20. The monoisotopic (exact) mass is 391 g/mol. The van der Waals surface area contributed by atoms with E-state index in [9.17, 15) is 9.59 Å². The van der Waals surface area contributed by atoms with E-state index >= 15 is 0 Å². The van der Waals surface area contributed by atoms with Gasteiger partial charge in [-0.1, -0.05) is 46.3 Å². The molecule has 0 aliphatic rings. The summed E-state index contributed by atoms with van der Waals surface area (Å²) in [5, 5.41) is 2.83. The van der Waals surface area contributed by atoms with Crippen LogP contribution in [-0.4, -0.2) is 23.5 Å². The van der Waals surface area contributed by atoms with Gasteiger partial charge in [0.25, 0.3) is 0 Å². The van der Waals surface area contributed by atoms with Crippen LogP contribution in [0, 0.1) is 0 Å². The van der Waals surface area contributed by atoms with Gasteiger partial charge in [0, 0.05) is 9.37 Å². The van der Waals surface area contributed by atoms with Crippen molar-refractivity contribution in [3.8, 4) is 0 Å². The fourth-order valence-electron chi connectivity index (χ4n) is 2.06. The van der Waals surface area contributed by atoms with Crippen LogP contribution >= 0.6 is 27.7 Å². The molecule has 0 aromatic heterocycles. The van der Waals surface area contributed by atoms with E-state index in [0.29, 0.717) is 12.2 Å². The smallest absolute Gasteiger partial charge is 0.230 e. The molecule has 1 atom stereocenters. The predicted octanol–water partition coefficient (Wildman–Crippen LogP) is 3.86. The number of benzene rings is 2. The van der Waals surface area contributed by atoms with Crippen molar-refractivity contribution >= 4 is 39.4 Å². The standard InChI is InChI=1S/C18H18BrNO2S/c1-13(21)17(11-14-5-3-2-4-6-14)20-18(22)12-23-16-9-7-15(19)8-10-16/h2-10,17H,11-12H2,1H3,(H,20,22)/t17-/m0/s1. The number of amides is 1. The minimum Gasteiger partial charge on any atom is -0.345 e. The van der Waals surface area contributed by atoms with Crippen LogP contribution in [0.4, 0.5) is 0 Å². The Labute approximate surface area is 149 Å². The third-order valence-corrected chi connectivity index (χ3v) is 4.83. The molecule has 23 heavy (non-hydrogen) atoms. The number of rotatable bonds is 7. The number of hydrogen-bond donors (Lipinski definition) is 1. The molecule has 0 aliphatic heterocycles. The second-order valence-corrected chi connectivity index (χ2v) is 7.13. The van der Waals surface area contributed by atoms with Gasteiger partial charge in [0.05, 0.1) is 11.8 Å². The number of ketones is 1. The van der Waals surface area contributed by atoms with Crippen LogP contribution in [0.15, 0.2) is 64.0 Å². The second kappa shape index (κ2) is 8.89. The van der Waals surface area contributed by atoms with Crippen molar-refractivity contribution in [3.63, 3.8) is 0 Å². The molecule has 2 aromatic rings. The van der Waals surface area contributed by atoms with Gasteiger partial charge in [-0.05, 0) is 43.2 Å². The SMILES string of the molecule is CC(=O)[C@H](Cc1ccccc1)NC(=O)CSc1ccc(Br)cc1. The van der Waals surface area contributed by atoms with Gasteiger partial charge < -0.3 is 5.32 Å². The summed E-state index contributed by atoms with van der Waals surface area (Å²) in [4.78, 5) is 24.9. The summed E-state index contributed by atoms with van der Waals surface area (Å²) >= 11 is 4.83. The van der Waals surface area contributed by atoms with Gasteiger partial charge in [0.2, 0.25) is 5.91 Å². The first-order valence-corrected chi connectivity index (χ1v) is 9.04. The maximum Gasteiger partial charge on any atom is 0.230 e. The van der Waals surface area contributed by atoms with E-state index in [1.54, 1.807) is 0 Å². The Bertz CT molecular complexity index is 658. The maximum absolute atomic E-state index is 12.1. The summed E-state index contributed by atoms with van der Waals surface area (Å²) in [7, 11) is 0. The van der Waals surface area contributed by atoms with Crippen LogP contribution in [0.2, 0.25) is 0 Å². The Morgan fingerprint density at radius 2 is 1.74 bits per heavy atom. The summed E-state index contributed by atoms with van der Waals surface area (Å²) in [5.41, 5.74) is 1.04. The molecule has 0 saturated heterocycles. The van der Waals surface area contributed by atoms with E-state index in [-0.39, 0.29) is 11.7 Å². The molecule has 5 heteroatoms. The summed E-state index contributed by atoms with van der Waals surface area (Å²) in [5.74, 6) is 0.130. The molecule has 0 bridgehead atoms. The lowest BCUT2D eigenvalue weighted by molar-refractivity contribution is -0.125. The average molecular weight is 392 g/mol. The topological polar surface area (TPSA) is 46.2 Å². The molecular formula is C18H18BrNO2S. The van der Waals surface area contributed by atoms with Gasteiger partial charge >= 0.3 is 0 Å². The quantitative estimate of drug-likeness (QED) is 0.728. The van der Waals surface area contributed by atoms with Crippen molar-refractivity contribution in [3.05, 3.63) is 64.6 Å². The van der Waals surface area contributed by atoms with E-state index < -0.39 is 6.04 Å². The van der Waals surface area contributed by atoms with Gasteiger partial charge in [-0.3, -0.25) is 9.59 Å². The summed E-state index contributed by atoms with van der Waals surface area (Å²) in [6, 6.07) is 17.0. The summed E-state index contributed by atoms with van der Waals surface area (Å²) < 4.78 is 1.01. The molecule has 3 nitrogen and oxygen atoms in total. The van der Waals surface area contributed by atoms with E-state index in [1.807, 2.05) is 54.6 Å². The van der Waals surface area contributed by atoms with E-state index in [1.165, 1.54) is 18.7 Å². The van der Waals surface area contributed by atoms with Crippen LogP contribution < -0.4 is 5.32 Å². The lowest BCUT2D eigenvalue weighted by Gasteiger charge is -2.16. The molecule has 2 aromatic carbocycles. The average Bonchev–Trinajstić information content (AvgIpc) is 2.54. The lowest BCUT2D eigenvalue weighted by atomic mass is 10.0. The van der Waals surface area contributed by atoms with Gasteiger partial charge in [-0.25, -0.2) is 0 Å². The molecule has 0 radical (unpaired) electrons. The molecule has 1 amide bonds. The van der Waals surface area contributed by atoms with Gasteiger partial charge in [0.1, 0.15) is 0 Å². The van der Waals surface area contributed by atoms with Crippen LogP contribution in [0.25, 0.3) is 0 Å². The Morgan fingerprint density at radius 3 is 2.35 bits per heavy atom. The van der Waals surface area contributed by atoms with E-state index in [0.717, 1.165) is 14.9 Å². The zero-order valence-corrected chi connectivity index (χ0v) is 15.2. The number of halogens is 1. The number of thioether (sulfide) groups is 1. The molecule has 2 rings (SSSR count). The van der Waals surface area contributed by atoms with Crippen molar-refractivity contribution in [1.29, 1.82) is 0 Å². The first-order chi connectivity index (χ1) is 11.0. The Balaban J connectivity index is 1.88. The van der Waals surface area contributed by atoms with E-state index in [4.69, 9.17) is 0 Å². The highest BCUT2D eigenvalue weighted by atomic mass is 79.9. The number of nitrogens with one attached hydrogen (secondary N) is 1. The van der Waals surface area contributed by atoms with Crippen LogP contribution in [0.5, 0.6) is 0 Å². The Morgan fingerprint density at radius 1 is 1.09 bits per heavy atom. The number of hydrogen-bond acceptors (Lipinski definition) is 3. The lowest BCUT2D eigenvalue weighted by Crippen LogP contribution is -2.42. The van der Waals surface area contributed by atoms with Gasteiger partial charge in [-0.2, -0.15) is 0 Å². The molecule has 0 fully saturated rings. The molecule has 120 valence electrons. The second-order valence-electron chi connectivity index (χ2n) is 5.16. The first-order valence-electron chi connectivity index (χ1n) is 7.26. The third kappa shape index (κ3) is 6.20. The van der Waals surface area contributed by atoms with Crippen molar-refractivity contribution in [2.45, 2.75) is 24.3 Å². The van der Waals surface area contributed by atoms with Crippen molar-refractivity contribution in [2.24, 2.45) is 0 Å². The fourth-order valence-corrected chi connectivity index (χ4v) is 3.04. The predicted molar refractivity (Wildman–Crippen MR) is 97.6 cm³/mol. The van der Waals surface area contributed by atoms with Crippen LogP contribution in [0.3, 0.4) is 0 Å². The van der Waals surface area contributed by atoms with Gasteiger partial charge in [-0.15, -0.1) is 11.8 Å². The summed E-state index contributed by atoms with van der Waals surface area (Å²) in [6.07, 6.45) is 0.519. The van der Waals surface area contributed by atoms with Crippen LogP contribution in [-0.2, 0) is 16.0 Å². The highest BCUT2D eigenvalue weighted by Gasteiger charge is 2.17. The Hall–Kier alpha value is -1.59.